The van der Waals surface area contributed by atoms with Gasteiger partial charge in [-0.2, -0.15) is 0 Å². The van der Waals surface area contributed by atoms with Crippen molar-refractivity contribution in [2.45, 2.75) is 18.8 Å². The number of carbonyl (C=O) groups is 2. The largest absolute Gasteiger partial charge is 0.573 e. The van der Waals surface area contributed by atoms with Crippen LogP contribution in [0.25, 0.3) is 0 Å². The number of carboxylic acid groups (broad SMARTS) is 1. The number of alkyl halides is 3. The Labute approximate surface area is 111 Å². The third-order valence-electron chi connectivity index (χ3n) is 2.07. The molecule has 1 atom stereocenters. The van der Waals surface area contributed by atoms with E-state index in [9.17, 15) is 22.8 Å². The van der Waals surface area contributed by atoms with Crippen molar-refractivity contribution < 1.29 is 32.6 Å². The fourth-order valence-electron chi connectivity index (χ4n) is 1.29. The van der Waals surface area contributed by atoms with Gasteiger partial charge in [-0.25, -0.2) is 0 Å². The van der Waals surface area contributed by atoms with Crippen LogP contribution in [0.2, 0.25) is 0 Å². The molecule has 9 heteroatoms. The molecule has 0 bridgehead atoms. The molecule has 1 aromatic carbocycles. The molecule has 1 aromatic rings. The highest BCUT2D eigenvalue weighted by molar-refractivity contribution is 5.96. The van der Waals surface area contributed by atoms with Gasteiger partial charge in [0.15, 0.2) is 0 Å². The van der Waals surface area contributed by atoms with Crippen LogP contribution in [0.15, 0.2) is 24.3 Å². The summed E-state index contributed by atoms with van der Waals surface area (Å²) in [6, 6.07) is 3.24. The van der Waals surface area contributed by atoms with Crippen LogP contribution < -0.4 is 15.8 Å². The molecule has 6 nitrogen and oxygen atoms in total. The van der Waals surface area contributed by atoms with Crippen LogP contribution in [0, 0.1) is 0 Å². The van der Waals surface area contributed by atoms with Crippen LogP contribution >= 0.6 is 0 Å². The minimum Gasteiger partial charge on any atom is -0.481 e. The highest BCUT2D eigenvalue weighted by Crippen LogP contribution is 2.25. The summed E-state index contributed by atoms with van der Waals surface area (Å²) in [5, 5.41) is 10.7. The zero-order chi connectivity index (χ0) is 15.3. The molecular formula is C11H11F3N2O4. The van der Waals surface area contributed by atoms with E-state index < -0.39 is 36.5 Å². The highest BCUT2D eigenvalue weighted by Gasteiger charge is 2.31. The first-order chi connectivity index (χ1) is 9.17. The van der Waals surface area contributed by atoms with Crippen molar-refractivity contribution in [2.75, 3.05) is 5.32 Å². The molecular weight excluding hydrogens is 281 g/mol. The Bertz CT molecular complexity index is 505. The van der Waals surface area contributed by atoms with Crippen molar-refractivity contribution in [3.05, 3.63) is 24.3 Å². The van der Waals surface area contributed by atoms with E-state index in [4.69, 9.17) is 10.8 Å². The van der Waals surface area contributed by atoms with Crippen molar-refractivity contribution in [1.82, 2.24) is 0 Å². The monoisotopic (exact) mass is 292 g/mol. The van der Waals surface area contributed by atoms with E-state index in [0.29, 0.717) is 0 Å². The summed E-state index contributed by atoms with van der Waals surface area (Å²) >= 11 is 0. The predicted molar refractivity (Wildman–Crippen MR) is 62.0 cm³/mol. The van der Waals surface area contributed by atoms with Crippen LogP contribution in [-0.2, 0) is 9.59 Å². The van der Waals surface area contributed by atoms with Gasteiger partial charge in [0.05, 0.1) is 12.5 Å². The van der Waals surface area contributed by atoms with E-state index in [1.807, 2.05) is 0 Å². The molecule has 0 saturated heterocycles. The zero-order valence-electron chi connectivity index (χ0n) is 9.98. The number of nitrogens with two attached hydrogens (primary N) is 1. The molecule has 0 heterocycles. The number of hydrogen-bond acceptors (Lipinski definition) is 4. The first-order valence-corrected chi connectivity index (χ1v) is 5.31. The SMILES string of the molecule is NC(CC(=O)O)C(=O)Nc1cccc(OC(F)(F)F)c1. The smallest absolute Gasteiger partial charge is 0.481 e. The highest BCUT2D eigenvalue weighted by atomic mass is 19.4. The van der Waals surface area contributed by atoms with E-state index in [1.165, 1.54) is 12.1 Å². The Morgan fingerprint density at radius 2 is 2.05 bits per heavy atom. The molecule has 0 saturated carbocycles. The number of aliphatic carboxylic acids is 1. The quantitative estimate of drug-likeness (QED) is 0.759. The Morgan fingerprint density at radius 1 is 1.40 bits per heavy atom. The number of hydrogen-bond donors (Lipinski definition) is 3. The van der Waals surface area contributed by atoms with Crippen LogP contribution in [0.4, 0.5) is 18.9 Å². The van der Waals surface area contributed by atoms with Gasteiger partial charge in [0.25, 0.3) is 0 Å². The number of ether oxygens (including phenoxy) is 1. The number of anilines is 1. The molecule has 110 valence electrons. The van der Waals surface area contributed by atoms with Gasteiger partial charge in [0, 0.05) is 11.8 Å². The van der Waals surface area contributed by atoms with Gasteiger partial charge in [-0.3, -0.25) is 9.59 Å². The summed E-state index contributed by atoms with van der Waals surface area (Å²) in [4.78, 5) is 21.9. The second-order valence-electron chi connectivity index (χ2n) is 3.77. The fraction of sp³-hybridized carbons (Fsp3) is 0.273. The van der Waals surface area contributed by atoms with Crippen LogP contribution in [0.5, 0.6) is 5.75 Å². The molecule has 0 aliphatic rings. The topological polar surface area (TPSA) is 102 Å². The molecule has 1 rings (SSSR count). The van der Waals surface area contributed by atoms with E-state index >= 15 is 0 Å². The number of benzene rings is 1. The van der Waals surface area contributed by atoms with Crippen molar-refractivity contribution in [3.63, 3.8) is 0 Å². The Balaban J connectivity index is 2.71. The first kappa shape index (κ1) is 15.8. The fourth-order valence-corrected chi connectivity index (χ4v) is 1.29. The lowest BCUT2D eigenvalue weighted by Gasteiger charge is -2.12. The summed E-state index contributed by atoms with van der Waals surface area (Å²) in [7, 11) is 0. The maximum Gasteiger partial charge on any atom is 0.573 e. The van der Waals surface area contributed by atoms with Gasteiger partial charge in [-0.05, 0) is 12.1 Å². The molecule has 4 N–H and O–H groups in total. The summed E-state index contributed by atoms with van der Waals surface area (Å²) in [5.74, 6) is -2.60. The van der Waals surface area contributed by atoms with Crippen molar-refractivity contribution in [2.24, 2.45) is 5.73 Å². The van der Waals surface area contributed by atoms with Crippen LogP contribution in [0.1, 0.15) is 6.42 Å². The summed E-state index contributed by atoms with van der Waals surface area (Å²) in [6.07, 6.45) is -5.44. The van der Waals surface area contributed by atoms with E-state index in [0.717, 1.165) is 12.1 Å². The number of carbonyl (C=O) groups excluding carboxylic acids is 1. The Kier molecular flexibility index (Phi) is 4.92. The number of nitrogens with one attached hydrogen (secondary N) is 1. The normalized spacial score (nSPS) is 12.6. The van der Waals surface area contributed by atoms with Crippen LogP contribution in [-0.4, -0.2) is 29.4 Å². The molecule has 0 aliphatic carbocycles. The minimum absolute atomic E-state index is 0.0117. The molecule has 0 spiro atoms. The second kappa shape index (κ2) is 6.24. The third-order valence-corrected chi connectivity index (χ3v) is 2.07. The number of rotatable bonds is 5. The molecule has 0 aliphatic heterocycles. The summed E-state index contributed by atoms with van der Waals surface area (Å²) in [6.45, 7) is 0. The van der Waals surface area contributed by atoms with E-state index in [2.05, 4.69) is 10.1 Å². The average Bonchev–Trinajstić information content (AvgIpc) is 2.25. The predicted octanol–water partition coefficient (Wildman–Crippen LogP) is 1.33. The maximum absolute atomic E-state index is 12.0. The summed E-state index contributed by atoms with van der Waals surface area (Å²) < 4.78 is 39.7. The van der Waals surface area contributed by atoms with Gasteiger partial charge in [-0.1, -0.05) is 6.07 Å². The van der Waals surface area contributed by atoms with E-state index in [1.54, 1.807) is 0 Å². The molecule has 1 unspecified atom stereocenters. The average molecular weight is 292 g/mol. The standard InChI is InChI=1S/C11H11F3N2O4/c12-11(13,14)20-7-3-1-2-6(4-7)16-10(19)8(15)5-9(17)18/h1-4,8H,5,15H2,(H,16,19)(H,17,18). The lowest BCUT2D eigenvalue weighted by molar-refractivity contribution is -0.274. The molecule has 0 fully saturated rings. The van der Waals surface area contributed by atoms with Crippen molar-refractivity contribution in [3.8, 4) is 5.75 Å². The molecule has 0 radical (unpaired) electrons. The Hall–Kier alpha value is -2.29. The number of amides is 1. The van der Waals surface area contributed by atoms with Crippen LogP contribution in [0.3, 0.4) is 0 Å². The molecule has 20 heavy (non-hydrogen) atoms. The second-order valence-corrected chi connectivity index (χ2v) is 3.77. The number of halogens is 3. The maximum atomic E-state index is 12.0. The first-order valence-electron chi connectivity index (χ1n) is 5.31. The zero-order valence-corrected chi connectivity index (χ0v) is 9.98. The van der Waals surface area contributed by atoms with Gasteiger partial charge in [0.2, 0.25) is 5.91 Å². The number of carboxylic acids is 1. The minimum atomic E-state index is -4.84. The summed E-state index contributed by atoms with van der Waals surface area (Å²) in [5.41, 5.74) is 5.31. The molecule has 0 aromatic heterocycles. The van der Waals surface area contributed by atoms with Gasteiger partial charge in [-0.15, -0.1) is 13.2 Å². The van der Waals surface area contributed by atoms with Crippen molar-refractivity contribution >= 4 is 17.6 Å². The van der Waals surface area contributed by atoms with Gasteiger partial charge in [0.1, 0.15) is 5.75 Å². The third kappa shape index (κ3) is 5.57. The molecule has 1 amide bonds. The van der Waals surface area contributed by atoms with Gasteiger partial charge >= 0.3 is 12.3 Å². The van der Waals surface area contributed by atoms with Crippen molar-refractivity contribution in [1.29, 1.82) is 0 Å². The lowest BCUT2D eigenvalue weighted by Crippen LogP contribution is -2.37. The lowest BCUT2D eigenvalue weighted by atomic mass is 10.2. The van der Waals surface area contributed by atoms with Gasteiger partial charge < -0.3 is 20.9 Å². The Morgan fingerprint density at radius 3 is 2.60 bits per heavy atom. The van der Waals surface area contributed by atoms with E-state index in [-0.39, 0.29) is 5.69 Å².